The number of amides is 1. The summed E-state index contributed by atoms with van der Waals surface area (Å²) in [7, 11) is 0. The summed E-state index contributed by atoms with van der Waals surface area (Å²) in [4.78, 5) is 36.0. The molecule has 0 saturated carbocycles. The lowest BCUT2D eigenvalue weighted by atomic mass is 10.2. The zero-order chi connectivity index (χ0) is 15.1. The molecule has 0 aliphatic rings. The molecular weight excluding hydrogens is 270 g/mol. The van der Waals surface area contributed by atoms with Crippen molar-refractivity contribution in [2.75, 3.05) is 6.54 Å². The molecule has 0 fully saturated rings. The van der Waals surface area contributed by atoms with Gasteiger partial charge in [-0.05, 0) is 12.1 Å². The minimum Gasteiger partial charge on any atom is -0.344 e. The molecule has 0 atom stereocenters. The summed E-state index contributed by atoms with van der Waals surface area (Å²) in [5.41, 5.74) is -0.248. The molecule has 1 heterocycles. The Morgan fingerprint density at radius 3 is 2.67 bits per heavy atom. The third-order valence-electron chi connectivity index (χ3n) is 2.59. The average molecular weight is 283 g/mol. The predicted octanol–water partition coefficient (Wildman–Crippen LogP) is -0.295. The summed E-state index contributed by atoms with van der Waals surface area (Å²) in [5.74, 6) is 5.36. The van der Waals surface area contributed by atoms with Gasteiger partial charge in [-0.3, -0.25) is 19.1 Å². The molecule has 2 aromatic rings. The molecule has 2 rings (SSSR count). The quantitative estimate of drug-likeness (QED) is 0.759. The van der Waals surface area contributed by atoms with Gasteiger partial charge in [0.05, 0.1) is 6.54 Å². The molecule has 0 aliphatic heterocycles. The standard InChI is InChI=1S/C15H13N3O3/c19-13-8-10-18(15(21)17-13)11-14(20)16-9-4-7-12-5-2-1-3-6-12/h1-3,5-6,8,10H,9,11H2,(H,16,20)(H,17,19,21). The molecule has 21 heavy (non-hydrogen) atoms. The van der Waals surface area contributed by atoms with Crippen molar-refractivity contribution in [3.05, 3.63) is 69.0 Å². The van der Waals surface area contributed by atoms with E-state index in [1.807, 2.05) is 30.3 Å². The number of carbonyl (C=O) groups excluding carboxylic acids is 1. The third-order valence-corrected chi connectivity index (χ3v) is 2.59. The van der Waals surface area contributed by atoms with Gasteiger partial charge < -0.3 is 5.32 Å². The molecule has 6 nitrogen and oxygen atoms in total. The fraction of sp³-hybridized carbons (Fsp3) is 0.133. The maximum absolute atomic E-state index is 11.6. The number of carbonyl (C=O) groups is 1. The van der Waals surface area contributed by atoms with Gasteiger partial charge in [0.25, 0.3) is 5.56 Å². The lowest BCUT2D eigenvalue weighted by Gasteiger charge is -2.03. The van der Waals surface area contributed by atoms with Crippen LogP contribution in [0.25, 0.3) is 0 Å². The van der Waals surface area contributed by atoms with E-state index in [0.29, 0.717) is 0 Å². The fourth-order valence-electron chi connectivity index (χ4n) is 1.59. The second kappa shape index (κ2) is 6.91. The first-order valence-electron chi connectivity index (χ1n) is 6.25. The normalized spacial score (nSPS) is 9.52. The van der Waals surface area contributed by atoms with Crippen molar-refractivity contribution in [2.45, 2.75) is 6.54 Å². The lowest BCUT2D eigenvalue weighted by molar-refractivity contribution is -0.121. The van der Waals surface area contributed by atoms with Gasteiger partial charge in [-0.2, -0.15) is 0 Å². The summed E-state index contributed by atoms with van der Waals surface area (Å²) in [6, 6.07) is 10.6. The zero-order valence-electron chi connectivity index (χ0n) is 11.1. The highest BCUT2D eigenvalue weighted by molar-refractivity contribution is 5.75. The first-order valence-corrected chi connectivity index (χ1v) is 6.25. The van der Waals surface area contributed by atoms with Crippen molar-refractivity contribution in [1.29, 1.82) is 0 Å². The summed E-state index contributed by atoms with van der Waals surface area (Å²) in [6.45, 7) is 0.0223. The fourth-order valence-corrected chi connectivity index (χ4v) is 1.59. The van der Waals surface area contributed by atoms with Crippen LogP contribution in [0.2, 0.25) is 0 Å². The Morgan fingerprint density at radius 2 is 1.95 bits per heavy atom. The highest BCUT2D eigenvalue weighted by atomic mass is 16.2. The second-order valence-electron chi connectivity index (χ2n) is 4.18. The van der Waals surface area contributed by atoms with E-state index in [2.05, 4.69) is 22.1 Å². The molecule has 106 valence electrons. The van der Waals surface area contributed by atoms with E-state index >= 15 is 0 Å². The molecule has 2 N–H and O–H groups in total. The molecule has 6 heteroatoms. The monoisotopic (exact) mass is 283 g/mol. The minimum absolute atomic E-state index is 0.164. The number of aromatic amines is 1. The summed E-state index contributed by atoms with van der Waals surface area (Å²) >= 11 is 0. The number of nitrogens with one attached hydrogen (secondary N) is 2. The van der Waals surface area contributed by atoms with E-state index in [4.69, 9.17) is 0 Å². The Labute approximate surface area is 120 Å². The smallest absolute Gasteiger partial charge is 0.328 e. The number of rotatable bonds is 3. The molecule has 0 radical (unpaired) electrons. The first kappa shape index (κ1) is 14.3. The summed E-state index contributed by atoms with van der Waals surface area (Å²) < 4.78 is 1.11. The first-order chi connectivity index (χ1) is 10.1. The minimum atomic E-state index is -0.618. The van der Waals surface area contributed by atoms with E-state index < -0.39 is 11.2 Å². The van der Waals surface area contributed by atoms with Crippen LogP contribution in [0, 0.1) is 11.8 Å². The van der Waals surface area contributed by atoms with Crippen LogP contribution in [-0.2, 0) is 11.3 Å². The SMILES string of the molecule is O=C(Cn1ccc(=O)[nH]c1=O)NCC#Cc1ccccc1. The van der Waals surface area contributed by atoms with Crippen LogP contribution in [0.4, 0.5) is 0 Å². The maximum Gasteiger partial charge on any atom is 0.328 e. The van der Waals surface area contributed by atoms with Gasteiger partial charge in [-0.1, -0.05) is 30.0 Å². The Morgan fingerprint density at radius 1 is 1.19 bits per heavy atom. The Bertz CT molecular complexity index is 794. The van der Waals surface area contributed by atoms with Gasteiger partial charge in [0.15, 0.2) is 0 Å². The number of benzene rings is 1. The number of hydrogen-bond donors (Lipinski definition) is 2. The summed E-state index contributed by atoms with van der Waals surface area (Å²) in [5, 5.41) is 2.58. The van der Waals surface area contributed by atoms with Crippen LogP contribution < -0.4 is 16.6 Å². The van der Waals surface area contributed by atoms with E-state index in [9.17, 15) is 14.4 Å². The van der Waals surface area contributed by atoms with E-state index in [-0.39, 0.29) is 19.0 Å². The van der Waals surface area contributed by atoms with Crippen molar-refractivity contribution in [1.82, 2.24) is 14.9 Å². The predicted molar refractivity (Wildman–Crippen MR) is 77.7 cm³/mol. The van der Waals surface area contributed by atoms with E-state index in [1.54, 1.807) is 0 Å². The zero-order valence-corrected chi connectivity index (χ0v) is 11.1. The van der Waals surface area contributed by atoms with Crippen molar-refractivity contribution < 1.29 is 4.79 Å². The van der Waals surface area contributed by atoms with Crippen LogP contribution >= 0.6 is 0 Å². The van der Waals surface area contributed by atoms with Crippen LogP contribution in [0.1, 0.15) is 5.56 Å². The molecular formula is C15H13N3O3. The summed E-state index contributed by atoms with van der Waals surface area (Å²) in [6.07, 6.45) is 1.27. The Hall–Kier alpha value is -3.07. The van der Waals surface area contributed by atoms with Gasteiger partial charge in [0.1, 0.15) is 6.54 Å². The number of hydrogen-bond acceptors (Lipinski definition) is 3. The van der Waals surface area contributed by atoms with Crippen molar-refractivity contribution in [3.63, 3.8) is 0 Å². The highest BCUT2D eigenvalue weighted by Crippen LogP contribution is 1.94. The second-order valence-corrected chi connectivity index (χ2v) is 4.18. The Balaban J connectivity index is 1.87. The molecule has 0 unspecified atom stereocenters. The van der Waals surface area contributed by atoms with Crippen molar-refractivity contribution in [3.8, 4) is 11.8 Å². The number of aromatic nitrogens is 2. The highest BCUT2D eigenvalue weighted by Gasteiger charge is 2.03. The molecule has 1 aromatic heterocycles. The molecule has 1 amide bonds. The van der Waals surface area contributed by atoms with E-state index in [1.165, 1.54) is 12.3 Å². The lowest BCUT2D eigenvalue weighted by Crippen LogP contribution is -2.35. The molecule has 1 aromatic carbocycles. The van der Waals surface area contributed by atoms with Gasteiger partial charge in [-0.25, -0.2) is 4.79 Å². The molecule has 0 saturated heterocycles. The average Bonchev–Trinajstić information content (AvgIpc) is 2.48. The molecule has 0 aliphatic carbocycles. The van der Waals surface area contributed by atoms with E-state index in [0.717, 1.165) is 10.1 Å². The van der Waals surface area contributed by atoms with Gasteiger partial charge in [0.2, 0.25) is 5.91 Å². The van der Waals surface area contributed by atoms with Crippen LogP contribution in [0.5, 0.6) is 0 Å². The largest absolute Gasteiger partial charge is 0.344 e. The van der Waals surface area contributed by atoms with Gasteiger partial charge >= 0.3 is 5.69 Å². The van der Waals surface area contributed by atoms with Crippen LogP contribution in [-0.4, -0.2) is 22.0 Å². The molecule has 0 bridgehead atoms. The van der Waals surface area contributed by atoms with Gasteiger partial charge in [-0.15, -0.1) is 0 Å². The maximum atomic E-state index is 11.6. The topological polar surface area (TPSA) is 84.0 Å². The van der Waals surface area contributed by atoms with Crippen molar-refractivity contribution in [2.24, 2.45) is 0 Å². The van der Waals surface area contributed by atoms with Gasteiger partial charge in [0, 0.05) is 17.8 Å². The number of H-pyrrole nitrogens is 1. The van der Waals surface area contributed by atoms with Crippen LogP contribution in [0.3, 0.4) is 0 Å². The van der Waals surface area contributed by atoms with Crippen LogP contribution in [0.15, 0.2) is 52.2 Å². The molecule has 0 spiro atoms. The number of nitrogens with zero attached hydrogens (tertiary/aromatic N) is 1. The van der Waals surface area contributed by atoms with Crippen molar-refractivity contribution >= 4 is 5.91 Å². The Kier molecular flexibility index (Phi) is 4.72. The third kappa shape index (κ3) is 4.51.